The molecule has 31 nitrogen and oxygen atoms in total. The van der Waals surface area contributed by atoms with Gasteiger partial charge in [-0.05, 0) is 189 Å². The number of carbonyl (C=O) groups is 3. The van der Waals surface area contributed by atoms with Crippen LogP contribution in [0, 0.1) is 80.5 Å². The van der Waals surface area contributed by atoms with Gasteiger partial charge in [0.05, 0.1) is 62.9 Å². The van der Waals surface area contributed by atoms with Crippen LogP contribution in [0.4, 0.5) is 35.1 Å². The summed E-state index contributed by atoms with van der Waals surface area (Å²) in [6.45, 7) is 30.5. The van der Waals surface area contributed by atoms with Crippen molar-refractivity contribution in [1.29, 1.82) is 0 Å². The number of nitrogens with two attached hydrogens (primary N) is 1. The maximum atomic E-state index is 14.1. The molecule has 6 N–H and O–H groups in total. The molecule has 0 aliphatic carbocycles. The van der Waals surface area contributed by atoms with E-state index in [0.29, 0.717) is 82.1 Å². The van der Waals surface area contributed by atoms with Gasteiger partial charge in [-0.2, -0.15) is 33.3 Å². The molecule has 0 aliphatic heterocycles. The van der Waals surface area contributed by atoms with Crippen LogP contribution in [-0.4, -0.2) is 108 Å². The Bertz CT molecular complexity index is 5990. The van der Waals surface area contributed by atoms with Gasteiger partial charge in [0.15, 0.2) is 5.69 Å². The van der Waals surface area contributed by atoms with Crippen molar-refractivity contribution in [2.24, 2.45) is 32.9 Å². The second-order valence-corrected chi connectivity index (χ2v) is 36.8. The summed E-state index contributed by atoms with van der Waals surface area (Å²) in [7, 11) is -7.52. The van der Waals surface area contributed by atoms with Gasteiger partial charge in [0.1, 0.15) is 71.9 Å². The molecule has 0 aliphatic rings. The first kappa shape index (κ1) is 106. The molecule has 5 aromatic carbocycles. The third-order valence-corrected chi connectivity index (χ3v) is 18.1. The maximum absolute atomic E-state index is 14.1. The number of ether oxygens (including phenoxy) is 6. The Kier molecular flexibility index (Phi) is 49.3. The molecule has 0 amide bonds. The predicted molar refractivity (Wildman–Crippen MR) is 491 cm³/mol. The van der Waals surface area contributed by atoms with Gasteiger partial charge >= 0.3 is 61.9 Å². The van der Waals surface area contributed by atoms with E-state index in [9.17, 15) is 72.9 Å². The summed E-state index contributed by atoms with van der Waals surface area (Å²) in [5, 5.41) is 42.2. The van der Waals surface area contributed by atoms with Gasteiger partial charge in [0.25, 0.3) is 15.7 Å². The number of esters is 3. The molecular weight excluding hydrogens is 1860 g/mol. The van der Waals surface area contributed by atoms with Crippen LogP contribution in [0.15, 0.2) is 143 Å². The maximum Gasteiger partial charge on any atom is 1.00 e. The average molecular weight is 2000 g/mol. The first-order chi connectivity index (χ1) is 67.8. The smallest absolute Gasteiger partial charge is 0.875 e. The van der Waals surface area contributed by atoms with Crippen LogP contribution in [0.25, 0.3) is 0 Å². The molecule has 0 fully saturated rings. The number of aromatic amines is 1. The minimum absolute atomic E-state index is 0. The molecule has 0 spiro atoms. The summed E-state index contributed by atoms with van der Waals surface area (Å²) in [4.78, 5) is 70.4. The van der Waals surface area contributed by atoms with Gasteiger partial charge < -0.3 is 43.5 Å². The zero-order valence-electron chi connectivity index (χ0n) is 93.0. The van der Waals surface area contributed by atoms with E-state index in [0.717, 1.165) is 91.7 Å². The number of aliphatic hydroxyl groups is 1. The minimum atomic E-state index is -4.48. The van der Waals surface area contributed by atoms with Crippen LogP contribution in [0.2, 0.25) is 0 Å². The van der Waals surface area contributed by atoms with Crippen molar-refractivity contribution < 1.29 is 177 Å². The molecule has 4 heterocycles. The van der Waals surface area contributed by atoms with Crippen molar-refractivity contribution in [3.05, 3.63) is 241 Å². The number of aromatic nitrogens is 8. The minimum Gasteiger partial charge on any atom is -0.875 e. The van der Waals surface area contributed by atoms with E-state index in [1.54, 1.807) is 41.5 Å². The van der Waals surface area contributed by atoms with E-state index in [1.165, 1.54) is 61.2 Å². The number of aryl methyl sites for hydroxylation is 6. The summed E-state index contributed by atoms with van der Waals surface area (Å²) < 4.78 is 279. The number of allylic oxidation sites excluding steroid dienone is 1. The van der Waals surface area contributed by atoms with Gasteiger partial charge in [0.2, 0.25) is 17.6 Å². The zero-order valence-corrected chi connectivity index (χ0v) is 84.7. The van der Waals surface area contributed by atoms with E-state index in [1.807, 2.05) is 62.3 Å². The van der Waals surface area contributed by atoms with Gasteiger partial charge in [-0.25, -0.2) is 68.8 Å². The van der Waals surface area contributed by atoms with Crippen molar-refractivity contribution in [3.63, 3.8) is 0 Å². The van der Waals surface area contributed by atoms with E-state index >= 15 is 0 Å². The van der Waals surface area contributed by atoms with Crippen molar-refractivity contribution in [2.45, 2.75) is 261 Å². The van der Waals surface area contributed by atoms with Crippen molar-refractivity contribution >= 4 is 42.4 Å². The zero-order chi connectivity index (χ0) is 114. The van der Waals surface area contributed by atoms with E-state index in [4.69, 9.17) is 70.3 Å². The quantitative estimate of drug-likeness (QED) is 0.00214. The number of hydrogen-bond acceptors (Lipinski definition) is 26. The molecule has 9 rings (SSSR count). The summed E-state index contributed by atoms with van der Waals surface area (Å²) >= 11 is 0. The van der Waals surface area contributed by atoms with E-state index < -0.39 is 144 Å². The monoisotopic (exact) mass is 2000 g/mol. The Morgan fingerprint density at radius 3 is 1.26 bits per heavy atom. The number of hydrazine groups is 1. The van der Waals surface area contributed by atoms with Gasteiger partial charge in [-0.1, -0.05) is 142 Å². The van der Waals surface area contributed by atoms with E-state index in [2.05, 4.69) is 81.0 Å². The van der Waals surface area contributed by atoms with Crippen molar-refractivity contribution in [3.8, 4) is 17.6 Å². The van der Waals surface area contributed by atoms with Crippen LogP contribution < -0.4 is 70.6 Å². The van der Waals surface area contributed by atoms with Crippen LogP contribution >= 0.6 is 8.25 Å². The number of hydrogen-bond donors (Lipinski definition) is 5. The molecule has 4 aromatic heterocycles. The standard InChI is InChI=1S/C19H24F2N2O3.C19H26F2N2O.C17H22F2N2O2.C14H12F2O3S.C12H20N2O3.C7H12O3.C6H16N2.CO2.Na.HO4P.H2/c1-5-25-18(24)16-11-17(23(22-16)9-8-19(2,3)4)26-12-13-10-14(20)6-7-15(13)21;1-5-6-16-12-18(23(22-16)10-9-19(2,3)4)24-13-14-11-15(20)7-8-17(14)21;1-17(2,3)6-7-21-16(9-14(10-22)20-21)23-11-12-8-13(18)4-5-15(12)19;1-10-2-5-13(6-3-10)20(17,18)19-9-11-8-12(15)4-7-14(11)16;1-5-17-11(16)9-8-10(15)14(13-9)7-6-12(2,3)4;1-3-6(8)5-7(9)10-4-2;1-6(2,3)4-5-8-7;2-1-3;;1-4-5(2)3;/h6-7,10-11H,5,8-9,12H2,1-4H3;7-8,11-12H,5-6,9-10,13H2,1-4H3;4-5,8-9,22H,6-7,10-11H2,1-3H3;2-8H,9H2,1H3;8,13H,5-7H2,1-4H3;5,8H,3-4H2,1-2H3;8H,4-5,7H2,1-3H3;;;1H;1H/q;;;;;;;;+1;;/p-1/b;;;;;6-5-;;;;;/i12D2;6D2,13D2;10D2,11D2;9D2;;;;;;;. The number of rotatable bonds is 34. The van der Waals surface area contributed by atoms with Crippen molar-refractivity contribution in [2.75, 3.05) is 26.4 Å². The number of benzene rings is 5. The van der Waals surface area contributed by atoms with Crippen LogP contribution in [0.5, 0.6) is 17.6 Å². The van der Waals surface area contributed by atoms with Gasteiger partial charge in [-0.3, -0.25) is 30.0 Å². The fourth-order valence-corrected chi connectivity index (χ4v) is 10.3. The number of H-pyrrole nitrogens is 1. The summed E-state index contributed by atoms with van der Waals surface area (Å²) in [5.74, 6) is -4.44. The molecule has 1 atom stereocenters. The van der Waals surface area contributed by atoms with Crippen LogP contribution in [0.1, 0.15) is 261 Å². The second-order valence-electron chi connectivity index (χ2n) is 34.7. The third kappa shape index (κ3) is 55.8. The largest absolute Gasteiger partial charge is 1.00 e. The number of nitrogens with one attached hydrogen (secondary N) is 2. The SMILES string of the molecule is CC(C)(C)CCNN.CCOC(=O)/C=C(\[O-])CC.CCOC(=O)c1cc(=O)n(CCC(C)(C)C)[nH]1.O=C=O.O=[P+]([O-])OO.[2H]C([2H])(CC)c1cc(OC([2H])([2H])c2cc(F)ccc2F)n(CCC(C)(C)C)n1.[2H]C([2H])(O)c1cc(OC([2H])([2H])c2cc(F)ccc2F)n(CCC(C)(C)C)n1.[2H]C([2H])(OS(=O)(=O)c1ccc(C)cc1)c1cc(F)ccc1F.[2H]C([2H])(Oc1cc(C(=O)OCC)nn1CCC(C)(C)C)c1cc(F)ccc1F.[HH].[Na+]. The second kappa shape index (κ2) is 64.0. The number of nitrogens with zero attached hydrogens (tertiary/aromatic N) is 7. The van der Waals surface area contributed by atoms with Crippen molar-refractivity contribution in [1.82, 2.24) is 44.5 Å². The van der Waals surface area contributed by atoms with Gasteiger partial charge in [0, 0.05) is 94.2 Å². The Morgan fingerprint density at radius 1 is 0.555 bits per heavy atom. The number of halogens is 8. The molecule has 42 heteroatoms. The molecule has 0 bridgehead atoms. The van der Waals surface area contributed by atoms with Crippen LogP contribution in [0.3, 0.4) is 0 Å². The molecule has 0 radical (unpaired) electrons. The van der Waals surface area contributed by atoms with E-state index in [-0.39, 0.29) is 135 Å². The normalized spacial score (nSPS) is 13.2. The first-order valence-electron chi connectivity index (χ1n) is 48.2. The summed E-state index contributed by atoms with van der Waals surface area (Å²) in [6.07, 6.45) is 3.94. The average Bonchev–Trinajstić information content (AvgIpc) is 1.77. The Hall–Kier alpha value is -10.3. The van der Waals surface area contributed by atoms with Gasteiger partial charge in [-0.15, -0.1) is 5.76 Å². The summed E-state index contributed by atoms with van der Waals surface area (Å²) in [6, 6.07) is 19.7. The predicted octanol–water partition coefficient (Wildman–Crippen LogP) is 15.4. The Morgan fingerprint density at radius 2 is 0.912 bits per heavy atom. The fourth-order valence-electron chi connectivity index (χ4n) is 9.58. The fraction of sp³-hybridized carbons (Fsp3) is 0.495. The Balaban J connectivity index is 0. The van der Waals surface area contributed by atoms with Crippen LogP contribution in [-0.2, 0) is 117 Å². The molecular formula is C95H134F8N10NaO21PS. The molecule has 758 valence electrons. The summed E-state index contributed by atoms with van der Waals surface area (Å²) in [5.41, 5.74) is 0.851. The topological polar surface area (TPSA) is 426 Å². The Labute approximate surface area is 838 Å². The third-order valence-electron chi connectivity index (χ3n) is 16.9. The number of carbonyl (C=O) groups excluding carboxylic acids is 5. The molecule has 9 aromatic rings. The molecule has 0 saturated heterocycles. The molecule has 137 heavy (non-hydrogen) atoms. The first-order valence-corrected chi connectivity index (χ1v) is 44.7. The molecule has 0 saturated carbocycles. The molecule has 1 unspecified atom stereocenters.